The largest absolute Gasteiger partial charge is 0.394 e. The Balaban J connectivity index is 1.99. The first-order valence-corrected chi connectivity index (χ1v) is 9.10. The molecule has 0 saturated heterocycles. The number of aliphatic hydroxyl groups is 2. The van der Waals surface area contributed by atoms with Crippen LogP contribution >= 0.6 is 0 Å². The summed E-state index contributed by atoms with van der Waals surface area (Å²) in [4.78, 5) is 0. The number of hydrogen-bond acceptors (Lipinski definition) is 4. The van der Waals surface area contributed by atoms with Gasteiger partial charge in [-0.3, -0.25) is 0 Å². The van der Waals surface area contributed by atoms with Gasteiger partial charge in [-0.2, -0.15) is 0 Å². The molecule has 1 aliphatic carbocycles. The van der Waals surface area contributed by atoms with Crippen LogP contribution in [0.3, 0.4) is 0 Å². The minimum absolute atomic E-state index is 0.116. The Labute approximate surface area is 158 Å². The molecule has 0 bridgehead atoms. The summed E-state index contributed by atoms with van der Waals surface area (Å²) in [5, 5.41) is 18.8. The second-order valence-corrected chi connectivity index (χ2v) is 6.40. The zero-order valence-electron chi connectivity index (χ0n) is 15.0. The first-order chi connectivity index (χ1) is 13.3. The van der Waals surface area contributed by atoms with Crippen LogP contribution in [0, 0.1) is 0 Å². The Bertz CT molecular complexity index is 913. The Kier molecular flexibility index (Phi) is 5.05. The third kappa shape index (κ3) is 2.97. The minimum Gasteiger partial charge on any atom is -0.394 e. The molecule has 0 aliphatic heterocycles. The van der Waals surface area contributed by atoms with E-state index >= 15 is 0 Å². The predicted molar refractivity (Wildman–Crippen MR) is 104 cm³/mol. The van der Waals surface area contributed by atoms with Crippen molar-refractivity contribution in [3.8, 4) is 22.3 Å². The van der Waals surface area contributed by atoms with Crippen LogP contribution in [0.5, 0.6) is 0 Å². The van der Waals surface area contributed by atoms with Crippen LogP contribution in [0.25, 0.3) is 22.3 Å². The van der Waals surface area contributed by atoms with Gasteiger partial charge in [-0.25, -0.2) is 0 Å². The Morgan fingerprint density at radius 1 is 0.630 bits per heavy atom. The maximum Gasteiger partial charge on any atom is 0.224 e. The summed E-state index contributed by atoms with van der Waals surface area (Å²) in [6.45, 7) is 0.0229. The van der Waals surface area contributed by atoms with Crippen molar-refractivity contribution in [3.63, 3.8) is 0 Å². The normalized spacial score (nSPS) is 14.0. The smallest absolute Gasteiger partial charge is 0.224 e. The van der Waals surface area contributed by atoms with E-state index in [2.05, 4.69) is 30.3 Å². The molecule has 0 spiro atoms. The van der Waals surface area contributed by atoms with Gasteiger partial charge in [-0.15, -0.1) is 0 Å². The van der Waals surface area contributed by atoms with Crippen LogP contribution in [0.1, 0.15) is 11.1 Å². The summed E-state index contributed by atoms with van der Waals surface area (Å²) < 4.78 is 12.3. The van der Waals surface area contributed by atoms with E-state index in [-0.39, 0.29) is 26.4 Å². The molecule has 1 aliphatic rings. The van der Waals surface area contributed by atoms with Crippen LogP contribution in [0.4, 0.5) is 0 Å². The Hall–Kier alpha value is -2.50. The van der Waals surface area contributed by atoms with E-state index in [0.29, 0.717) is 0 Å². The molecule has 0 saturated carbocycles. The van der Waals surface area contributed by atoms with Crippen molar-refractivity contribution in [1.82, 2.24) is 0 Å². The fourth-order valence-electron chi connectivity index (χ4n) is 3.85. The van der Waals surface area contributed by atoms with Crippen LogP contribution in [-0.2, 0) is 15.3 Å². The molecule has 4 nitrogen and oxygen atoms in total. The molecule has 0 atom stereocenters. The van der Waals surface area contributed by atoms with Gasteiger partial charge < -0.3 is 19.7 Å². The third-order valence-electron chi connectivity index (χ3n) is 4.84. The molecule has 27 heavy (non-hydrogen) atoms. The van der Waals surface area contributed by atoms with Gasteiger partial charge in [-0.1, -0.05) is 72.8 Å². The maximum atomic E-state index is 9.42. The number of hydrogen-bond donors (Lipinski definition) is 2. The summed E-state index contributed by atoms with van der Waals surface area (Å²) in [5.41, 5.74) is 5.97. The topological polar surface area (TPSA) is 58.9 Å². The van der Waals surface area contributed by atoms with Crippen LogP contribution in [0.15, 0.2) is 72.8 Å². The van der Waals surface area contributed by atoms with Gasteiger partial charge in [0.2, 0.25) is 5.79 Å². The number of benzene rings is 3. The number of fused-ring (bicyclic) bond motifs is 3. The van der Waals surface area contributed by atoms with Gasteiger partial charge in [0.25, 0.3) is 0 Å². The molecule has 2 N–H and O–H groups in total. The number of ether oxygens (including phenoxy) is 2. The van der Waals surface area contributed by atoms with E-state index in [0.717, 1.165) is 33.4 Å². The van der Waals surface area contributed by atoms with Gasteiger partial charge in [0.05, 0.1) is 26.4 Å². The van der Waals surface area contributed by atoms with Crippen molar-refractivity contribution >= 4 is 0 Å². The van der Waals surface area contributed by atoms with E-state index in [9.17, 15) is 10.2 Å². The predicted octanol–water partition coefficient (Wildman–Crippen LogP) is 3.55. The molecule has 3 aromatic carbocycles. The van der Waals surface area contributed by atoms with Crippen molar-refractivity contribution in [2.75, 3.05) is 26.4 Å². The van der Waals surface area contributed by atoms with E-state index in [1.165, 1.54) is 0 Å². The van der Waals surface area contributed by atoms with E-state index < -0.39 is 5.79 Å². The molecule has 0 amide bonds. The lowest BCUT2D eigenvalue weighted by atomic mass is 9.92. The van der Waals surface area contributed by atoms with Gasteiger partial charge in [-0.05, 0) is 22.3 Å². The zero-order chi connectivity index (χ0) is 18.7. The first kappa shape index (κ1) is 17.9. The van der Waals surface area contributed by atoms with Crippen LogP contribution in [-0.4, -0.2) is 36.6 Å². The average Bonchev–Trinajstić information content (AvgIpc) is 3.02. The van der Waals surface area contributed by atoms with Crippen molar-refractivity contribution in [2.45, 2.75) is 5.79 Å². The molecule has 0 unspecified atom stereocenters. The highest BCUT2D eigenvalue weighted by Crippen LogP contribution is 2.53. The molecule has 0 fully saturated rings. The molecular formula is C23H22O4. The van der Waals surface area contributed by atoms with Crippen molar-refractivity contribution in [2.24, 2.45) is 0 Å². The van der Waals surface area contributed by atoms with Crippen LogP contribution < -0.4 is 0 Å². The van der Waals surface area contributed by atoms with E-state index in [1.54, 1.807) is 0 Å². The minimum atomic E-state index is -1.16. The summed E-state index contributed by atoms with van der Waals surface area (Å²) in [6.07, 6.45) is 0. The molecule has 4 heteroatoms. The lowest BCUT2D eigenvalue weighted by Crippen LogP contribution is -2.35. The number of rotatable bonds is 7. The Morgan fingerprint density at radius 2 is 1.22 bits per heavy atom. The molecule has 0 radical (unpaired) electrons. The molecule has 3 aromatic rings. The molecule has 0 aromatic heterocycles. The summed E-state index contributed by atoms with van der Waals surface area (Å²) in [6, 6.07) is 24.2. The highest BCUT2D eigenvalue weighted by molar-refractivity contribution is 5.87. The molecule has 0 heterocycles. The monoisotopic (exact) mass is 362 g/mol. The molecular weight excluding hydrogens is 340 g/mol. The third-order valence-corrected chi connectivity index (χ3v) is 4.84. The fraction of sp³-hybridized carbons (Fsp3) is 0.217. The van der Waals surface area contributed by atoms with Crippen LogP contribution in [0.2, 0.25) is 0 Å². The van der Waals surface area contributed by atoms with Crippen molar-refractivity contribution in [1.29, 1.82) is 0 Å². The lowest BCUT2D eigenvalue weighted by Gasteiger charge is -2.33. The summed E-state index contributed by atoms with van der Waals surface area (Å²) >= 11 is 0. The van der Waals surface area contributed by atoms with Gasteiger partial charge >= 0.3 is 0 Å². The van der Waals surface area contributed by atoms with E-state index in [1.807, 2.05) is 42.5 Å². The van der Waals surface area contributed by atoms with Crippen molar-refractivity contribution < 1.29 is 19.7 Å². The quantitative estimate of drug-likeness (QED) is 0.631. The first-order valence-electron chi connectivity index (χ1n) is 9.10. The van der Waals surface area contributed by atoms with Crippen molar-refractivity contribution in [3.05, 3.63) is 83.9 Å². The highest BCUT2D eigenvalue weighted by atomic mass is 16.7. The second kappa shape index (κ2) is 7.62. The maximum absolute atomic E-state index is 9.42. The zero-order valence-corrected chi connectivity index (χ0v) is 15.0. The van der Waals surface area contributed by atoms with Gasteiger partial charge in [0.1, 0.15) is 0 Å². The molecule has 4 rings (SSSR count). The summed E-state index contributed by atoms with van der Waals surface area (Å²) in [7, 11) is 0. The van der Waals surface area contributed by atoms with E-state index in [4.69, 9.17) is 9.47 Å². The lowest BCUT2D eigenvalue weighted by molar-refractivity contribution is -0.221. The molecule has 138 valence electrons. The highest BCUT2D eigenvalue weighted by Gasteiger charge is 2.47. The standard InChI is InChI=1S/C23H22O4/c24-13-15-26-23(27-16-14-25)21-12-5-4-9-19(21)20-11-6-10-18(22(20)23)17-7-2-1-3-8-17/h1-12,24-25H,13-16H2. The number of aliphatic hydroxyl groups excluding tert-OH is 2. The fourth-order valence-corrected chi connectivity index (χ4v) is 3.85. The van der Waals surface area contributed by atoms with Gasteiger partial charge in [0, 0.05) is 11.1 Å². The second-order valence-electron chi connectivity index (χ2n) is 6.40. The Morgan fingerprint density at radius 3 is 1.93 bits per heavy atom. The average molecular weight is 362 g/mol. The SMILES string of the molecule is OCCOC1(OCCO)c2ccccc2-c2cccc(-c3ccccc3)c21. The van der Waals surface area contributed by atoms with Gasteiger partial charge in [0.15, 0.2) is 0 Å². The summed E-state index contributed by atoms with van der Waals surface area (Å²) in [5.74, 6) is -1.16.